The topological polar surface area (TPSA) is 68.0 Å². The number of carbonyl (C=O) groups is 1. The first-order valence-corrected chi connectivity index (χ1v) is 4.40. The van der Waals surface area contributed by atoms with Crippen molar-refractivity contribution in [2.45, 2.75) is 26.2 Å². The molecular weight excluding hydrogens is 170 g/mol. The second kappa shape index (κ2) is 5.29. The van der Waals surface area contributed by atoms with Gasteiger partial charge in [0.2, 0.25) is 0 Å². The van der Waals surface area contributed by atoms with Gasteiger partial charge in [-0.3, -0.25) is 4.79 Å². The van der Waals surface area contributed by atoms with E-state index >= 15 is 0 Å². The highest BCUT2D eigenvalue weighted by molar-refractivity contribution is 5.91. The van der Waals surface area contributed by atoms with E-state index < -0.39 is 0 Å². The van der Waals surface area contributed by atoms with Gasteiger partial charge in [0.1, 0.15) is 6.20 Å². The second-order valence-corrected chi connectivity index (χ2v) is 2.76. The van der Waals surface area contributed by atoms with Crippen LogP contribution in [0.4, 0.5) is 0 Å². The average Bonchev–Trinajstić information content (AvgIpc) is 2.65. The summed E-state index contributed by atoms with van der Waals surface area (Å²) in [6.07, 6.45) is 4.56. The molecule has 0 fully saturated rings. The first kappa shape index (κ1) is 9.70. The van der Waals surface area contributed by atoms with Crippen molar-refractivity contribution >= 4 is 5.91 Å². The monoisotopic (exact) mass is 183 g/mol. The van der Waals surface area contributed by atoms with Crippen LogP contribution >= 0.6 is 0 Å². The Labute approximate surface area is 76.5 Å². The van der Waals surface area contributed by atoms with E-state index in [9.17, 15) is 4.79 Å². The van der Waals surface area contributed by atoms with E-state index in [1.165, 1.54) is 6.20 Å². The maximum Gasteiger partial charge on any atom is 0.275 e. The van der Waals surface area contributed by atoms with Gasteiger partial charge in [-0.2, -0.15) is 0 Å². The Hall–Kier alpha value is -1.39. The van der Waals surface area contributed by atoms with Crippen LogP contribution in [0.25, 0.3) is 0 Å². The fourth-order valence-electron chi connectivity index (χ4n) is 0.932. The predicted octanol–water partition coefficient (Wildman–Crippen LogP) is 0.990. The highest BCUT2D eigenvalue weighted by Gasteiger charge is 2.07. The Kier molecular flexibility index (Phi) is 3.95. The standard InChI is InChI=1S/C8H13N3O2/c1-2-3-4-5-9-8(12)7-6-10-13-11-7/h6H,2-5H2,1H3,(H,9,12). The Morgan fingerprint density at radius 1 is 1.62 bits per heavy atom. The molecule has 0 aliphatic carbocycles. The highest BCUT2D eigenvalue weighted by Crippen LogP contribution is 1.93. The third kappa shape index (κ3) is 3.23. The van der Waals surface area contributed by atoms with Crippen LogP contribution in [0.1, 0.15) is 36.7 Å². The number of nitrogens with zero attached hydrogens (tertiary/aromatic N) is 2. The lowest BCUT2D eigenvalue weighted by molar-refractivity contribution is 0.0943. The minimum absolute atomic E-state index is 0.225. The van der Waals surface area contributed by atoms with Gasteiger partial charge in [0, 0.05) is 6.54 Å². The average molecular weight is 183 g/mol. The van der Waals surface area contributed by atoms with E-state index in [1.54, 1.807) is 0 Å². The van der Waals surface area contributed by atoms with Crippen LogP contribution in [0.5, 0.6) is 0 Å². The molecule has 5 heteroatoms. The van der Waals surface area contributed by atoms with Crippen molar-refractivity contribution in [1.82, 2.24) is 15.6 Å². The summed E-state index contributed by atoms with van der Waals surface area (Å²) in [6, 6.07) is 0. The minimum atomic E-state index is -0.225. The minimum Gasteiger partial charge on any atom is -0.351 e. The lowest BCUT2D eigenvalue weighted by atomic mass is 10.2. The molecular formula is C8H13N3O2. The molecule has 0 spiro atoms. The molecule has 0 aliphatic heterocycles. The van der Waals surface area contributed by atoms with Crippen LogP contribution in [0.2, 0.25) is 0 Å². The molecule has 0 saturated heterocycles. The van der Waals surface area contributed by atoms with Crippen molar-refractivity contribution < 1.29 is 9.42 Å². The molecule has 0 atom stereocenters. The van der Waals surface area contributed by atoms with E-state index in [-0.39, 0.29) is 11.6 Å². The Bertz CT molecular complexity index is 246. The maximum absolute atomic E-state index is 11.2. The molecule has 72 valence electrons. The van der Waals surface area contributed by atoms with Crippen LogP contribution in [0.15, 0.2) is 10.8 Å². The zero-order valence-corrected chi connectivity index (χ0v) is 7.62. The lowest BCUT2D eigenvalue weighted by Gasteiger charge is -2.00. The highest BCUT2D eigenvalue weighted by atomic mass is 16.6. The van der Waals surface area contributed by atoms with Gasteiger partial charge in [-0.05, 0) is 11.6 Å². The number of hydrogen-bond acceptors (Lipinski definition) is 4. The number of hydrogen-bond donors (Lipinski definition) is 1. The molecule has 13 heavy (non-hydrogen) atoms. The third-order valence-electron chi connectivity index (χ3n) is 1.66. The molecule has 0 radical (unpaired) electrons. The lowest BCUT2D eigenvalue weighted by Crippen LogP contribution is -2.24. The fourth-order valence-corrected chi connectivity index (χ4v) is 0.932. The van der Waals surface area contributed by atoms with Crippen LogP contribution in [-0.4, -0.2) is 22.8 Å². The zero-order valence-electron chi connectivity index (χ0n) is 7.62. The van der Waals surface area contributed by atoms with Gasteiger partial charge in [-0.25, -0.2) is 4.63 Å². The number of carbonyl (C=O) groups excluding carboxylic acids is 1. The summed E-state index contributed by atoms with van der Waals surface area (Å²) in [6.45, 7) is 2.79. The zero-order chi connectivity index (χ0) is 9.52. The van der Waals surface area contributed by atoms with E-state index in [1.807, 2.05) is 0 Å². The molecule has 1 N–H and O–H groups in total. The van der Waals surface area contributed by atoms with Gasteiger partial charge in [0.15, 0.2) is 5.69 Å². The van der Waals surface area contributed by atoms with E-state index in [0.29, 0.717) is 6.54 Å². The molecule has 0 unspecified atom stereocenters. The summed E-state index contributed by atoms with van der Waals surface area (Å²) < 4.78 is 4.30. The molecule has 0 aromatic carbocycles. The fraction of sp³-hybridized carbons (Fsp3) is 0.625. The van der Waals surface area contributed by atoms with Gasteiger partial charge < -0.3 is 5.32 Å². The van der Waals surface area contributed by atoms with Crippen molar-refractivity contribution in [1.29, 1.82) is 0 Å². The quantitative estimate of drug-likeness (QED) is 0.691. The second-order valence-electron chi connectivity index (χ2n) is 2.76. The van der Waals surface area contributed by atoms with Crippen LogP contribution < -0.4 is 5.32 Å². The van der Waals surface area contributed by atoms with E-state index in [4.69, 9.17) is 0 Å². The van der Waals surface area contributed by atoms with Crippen molar-refractivity contribution in [2.75, 3.05) is 6.54 Å². The Balaban J connectivity index is 2.19. The molecule has 1 aromatic rings. The Morgan fingerprint density at radius 3 is 3.08 bits per heavy atom. The largest absolute Gasteiger partial charge is 0.351 e. The molecule has 1 amide bonds. The van der Waals surface area contributed by atoms with E-state index in [2.05, 4.69) is 27.2 Å². The molecule has 1 heterocycles. The summed E-state index contributed by atoms with van der Waals surface area (Å²) in [5.74, 6) is -0.225. The van der Waals surface area contributed by atoms with Gasteiger partial charge >= 0.3 is 0 Å². The smallest absolute Gasteiger partial charge is 0.275 e. The summed E-state index contributed by atoms with van der Waals surface area (Å²) in [7, 11) is 0. The molecule has 5 nitrogen and oxygen atoms in total. The summed E-state index contributed by atoms with van der Waals surface area (Å²) in [5, 5.41) is 9.48. The van der Waals surface area contributed by atoms with Crippen LogP contribution in [-0.2, 0) is 0 Å². The normalized spacial score (nSPS) is 9.92. The first-order chi connectivity index (χ1) is 6.34. The van der Waals surface area contributed by atoms with Gasteiger partial charge in [-0.1, -0.05) is 24.9 Å². The molecule has 1 rings (SSSR count). The van der Waals surface area contributed by atoms with Crippen molar-refractivity contribution in [3.8, 4) is 0 Å². The third-order valence-corrected chi connectivity index (χ3v) is 1.66. The maximum atomic E-state index is 11.2. The van der Waals surface area contributed by atoms with Crippen molar-refractivity contribution in [2.24, 2.45) is 0 Å². The number of amides is 1. The van der Waals surface area contributed by atoms with Gasteiger partial charge in [0.25, 0.3) is 5.91 Å². The molecule has 0 bridgehead atoms. The number of unbranched alkanes of at least 4 members (excludes halogenated alkanes) is 2. The van der Waals surface area contributed by atoms with Crippen LogP contribution in [0.3, 0.4) is 0 Å². The molecule has 0 aliphatic rings. The SMILES string of the molecule is CCCCCNC(=O)c1cnon1. The predicted molar refractivity (Wildman–Crippen MR) is 46.2 cm³/mol. The van der Waals surface area contributed by atoms with Gasteiger partial charge in [0.05, 0.1) is 0 Å². The van der Waals surface area contributed by atoms with Crippen molar-refractivity contribution in [3.05, 3.63) is 11.9 Å². The molecule has 0 saturated carbocycles. The summed E-state index contributed by atoms with van der Waals surface area (Å²) in [4.78, 5) is 11.2. The number of aromatic nitrogens is 2. The summed E-state index contributed by atoms with van der Waals surface area (Å²) in [5.41, 5.74) is 0.233. The van der Waals surface area contributed by atoms with E-state index in [0.717, 1.165) is 19.3 Å². The number of rotatable bonds is 5. The van der Waals surface area contributed by atoms with Crippen LogP contribution in [0, 0.1) is 0 Å². The summed E-state index contributed by atoms with van der Waals surface area (Å²) >= 11 is 0. The first-order valence-electron chi connectivity index (χ1n) is 4.40. The Morgan fingerprint density at radius 2 is 2.46 bits per heavy atom. The van der Waals surface area contributed by atoms with Crippen molar-refractivity contribution in [3.63, 3.8) is 0 Å². The molecule has 1 aromatic heterocycles. The van der Waals surface area contributed by atoms with Gasteiger partial charge in [-0.15, -0.1) is 0 Å². The number of nitrogens with one attached hydrogen (secondary N) is 1.